The van der Waals surface area contributed by atoms with Crippen molar-refractivity contribution < 1.29 is 9.84 Å². The van der Waals surface area contributed by atoms with Gasteiger partial charge in [-0.25, -0.2) is 0 Å². The predicted octanol–water partition coefficient (Wildman–Crippen LogP) is 1.09. The van der Waals surface area contributed by atoms with Crippen molar-refractivity contribution in [3.63, 3.8) is 0 Å². The Kier molecular flexibility index (Phi) is 8.78. The molecule has 0 bridgehead atoms. The summed E-state index contributed by atoms with van der Waals surface area (Å²) >= 11 is 0. The van der Waals surface area contributed by atoms with Crippen LogP contribution < -0.4 is 5.32 Å². The lowest BCUT2D eigenvalue weighted by Crippen LogP contribution is -2.45. The summed E-state index contributed by atoms with van der Waals surface area (Å²) in [6, 6.07) is 0. The minimum atomic E-state index is -0.323. The molecule has 0 aromatic carbocycles. The number of nitrogens with one attached hydrogen (secondary N) is 1. The lowest BCUT2D eigenvalue weighted by molar-refractivity contribution is 0.0762. The molecule has 1 unspecified atom stereocenters. The third kappa shape index (κ3) is 10.7. The lowest BCUT2D eigenvalue weighted by Gasteiger charge is -2.27. The molecule has 4 nitrogen and oxygen atoms in total. The van der Waals surface area contributed by atoms with Gasteiger partial charge in [-0.1, -0.05) is 6.92 Å². The zero-order chi connectivity index (χ0) is 13.3. The van der Waals surface area contributed by atoms with Crippen LogP contribution in [0.3, 0.4) is 0 Å². The Balaban J connectivity index is 3.77. The standard InChI is InChI=1S/C13H30N2O2/c1-6-15(8-9-17-7-2)11-12(16)10-14-13(3,4)5/h12,14,16H,6-11H2,1-5H3. The van der Waals surface area contributed by atoms with Crippen LogP contribution in [-0.4, -0.2) is 61.0 Å². The van der Waals surface area contributed by atoms with Gasteiger partial charge in [-0.05, 0) is 34.2 Å². The van der Waals surface area contributed by atoms with Gasteiger partial charge in [0, 0.05) is 31.8 Å². The van der Waals surface area contributed by atoms with Crippen LogP contribution in [0.15, 0.2) is 0 Å². The highest BCUT2D eigenvalue weighted by atomic mass is 16.5. The Morgan fingerprint density at radius 1 is 1.29 bits per heavy atom. The number of ether oxygens (including phenoxy) is 1. The molecule has 0 amide bonds. The molecule has 0 saturated carbocycles. The number of likely N-dealkylation sites (N-methyl/N-ethyl adjacent to an activating group) is 1. The zero-order valence-electron chi connectivity index (χ0n) is 12.1. The van der Waals surface area contributed by atoms with Crippen molar-refractivity contribution in [2.75, 3.05) is 39.4 Å². The summed E-state index contributed by atoms with van der Waals surface area (Å²) in [5.41, 5.74) is 0.0589. The molecule has 0 radical (unpaired) electrons. The van der Waals surface area contributed by atoms with Gasteiger partial charge in [0.25, 0.3) is 0 Å². The topological polar surface area (TPSA) is 44.7 Å². The summed E-state index contributed by atoms with van der Waals surface area (Å²) in [5.74, 6) is 0. The van der Waals surface area contributed by atoms with E-state index >= 15 is 0 Å². The largest absolute Gasteiger partial charge is 0.390 e. The Morgan fingerprint density at radius 2 is 1.94 bits per heavy atom. The van der Waals surface area contributed by atoms with Crippen LogP contribution in [0.5, 0.6) is 0 Å². The van der Waals surface area contributed by atoms with Crippen LogP contribution in [-0.2, 0) is 4.74 Å². The minimum absolute atomic E-state index is 0.0589. The third-order valence-corrected chi connectivity index (χ3v) is 2.54. The van der Waals surface area contributed by atoms with Crippen LogP contribution in [0.1, 0.15) is 34.6 Å². The molecule has 0 spiro atoms. The van der Waals surface area contributed by atoms with Gasteiger partial charge >= 0.3 is 0 Å². The normalized spacial score (nSPS) is 14.3. The third-order valence-electron chi connectivity index (χ3n) is 2.54. The second kappa shape index (κ2) is 8.86. The number of aliphatic hydroxyl groups excluding tert-OH is 1. The molecule has 0 aliphatic heterocycles. The number of hydrogen-bond acceptors (Lipinski definition) is 4. The van der Waals surface area contributed by atoms with Crippen LogP contribution in [0, 0.1) is 0 Å². The molecule has 4 heteroatoms. The van der Waals surface area contributed by atoms with E-state index in [1.54, 1.807) is 0 Å². The highest BCUT2D eigenvalue weighted by Gasteiger charge is 2.14. The number of rotatable bonds is 9. The highest BCUT2D eigenvalue weighted by Crippen LogP contribution is 1.99. The molecule has 0 aliphatic rings. The number of β-amino-alcohol motifs (C(OH)–C–C–N with tert-alkyl or cyclic N) is 1. The first-order chi connectivity index (χ1) is 7.89. The molecule has 0 rings (SSSR count). The van der Waals surface area contributed by atoms with Gasteiger partial charge in [-0.15, -0.1) is 0 Å². The quantitative estimate of drug-likeness (QED) is 0.598. The molecule has 0 aromatic rings. The highest BCUT2D eigenvalue weighted by molar-refractivity contribution is 4.74. The van der Waals surface area contributed by atoms with Gasteiger partial charge in [0.1, 0.15) is 0 Å². The smallest absolute Gasteiger partial charge is 0.0791 e. The van der Waals surface area contributed by atoms with Crippen molar-refractivity contribution in [2.45, 2.75) is 46.3 Å². The van der Waals surface area contributed by atoms with Gasteiger partial charge in [-0.3, -0.25) is 4.90 Å². The predicted molar refractivity (Wildman–Crippen MR) is 72.4 cm³/mol. The maximum atomic E-state index is 9.93. The molecule has 2 N–H and O–H groups in total. The van der Waals surface area contributed by atoms with E-state index in [4.69, 9.17) is 4.74 Å². The molecular formula is C13H30N2O2. The average molecular weight is 246 g/mol. The molecule has 0 fully saturated rings. The van der Waals surface area contributed by atoms with E-state index in [9.17, 15) is 5.11 Å². The van der Waals surface area contributed by atoms with Crippen molar-refractivity contribution >= 4 is 0 Å². The van der Waals surface area contributed by atoms with Crippen molar-refractivity contribution in [1.29, 1.82) is 0 Å². The van der Waals surface area contributed by atoms with E-state index in [-0.39, 0.29) is 11.6 Å². The molecule has 0 aliphatic carbocycles. The van der Waals surface area contributed by atoms with Gasteiger partial charge in [0.2, 0.25) is 0 Å². The van der Waals surface area contributed by atoms with Crippen molar-refractivity contribution in [3.05, 3.63) is 0 Å². The maximum Gasteiger partial charge on any atom is 0.0791 e. The zero-order valence-corrected chi connectivity index (χ0v) is 12.1. The van der Waals surface area contributed by atoms with E-state index in [0.29, 0.717) is 13.1 Å². The van der Waals surface area contributed by atoms with E-state index in [1.807, 2.05) is 6.92 Å². The molecule has 104 valence electrons. The van der Waals surface area contributed by atoms with E-state index < -0.39 is 0 Å². The number of hydrogen-bond donors (Lipinski definition) is 2. The van der Waals surface area contributed by atoms with Gasteiger partial charge in [0.15, 0.2) is 0 Å². The first kappa shape index (κ1) is 16.8. The van der Waals surface area contributed by atoms with E-state index in [1.165, 1.54) is 0 Å². The fourth-order valence-corrected chi connectivity index (χ4v) is 1.50. The second-order valence-electron chi connectivity index (χ2n) is 5.37. The minimum Gasteiger partial charge on any atom is -0.390 e. The number of nitrogens with zero attached hydrogens (tertiary/aromatic N) is 1. The summed E-state index contributed by atoms with van der Waals surface area (Å²) in [4.78, 5) is 2.21. The Hall–Kier alpha value is -0.160. The van der Waals surface area contributed by atoms with Crippen molar-refractivity contribution in [1.82, 2.24) is 10.2 Å². The lowest BCUT2D eigenvalue weighted by atomic mass is 10.1. The Morgan fingerprint density at radius 3 is 2.41 bits per heavy atom. The fraction of sp³-hybridized carbons (Fsp3) is 1.00. The van der Waals surface area contributed by atoms with Crippen LogP contribution >= 0.6 is 0 Å². The maximum absolute atomic E-state index is 9.93. The van der Waals surface area contributed by atoms with E-state index in [0.717, 1.165) is 26.3 Å². The molecule has 17 heavy (non-hydrogen) atoms. The molecule has 0 saturated heterocycles. The summed E-state index contributed by atoms with van der Waals surface area (Å²) in [6.07, 6.45) is -0.323. The van der Waals surface area contributed by atoms with E-state index in [2.05, 4.69) is 37.9 Å². The summed E-state index contributed by atoms with van der Waals surface area (Å²) < 4.78 is 5.32. The first-order valence-corrected chi connectivity index (χ1v) is 6.62. The van der Waals surface area contributed by atoms with Gasteiger partial charge < -0.3 is 15.2 Å². The molecule has 0 aromatic heterocycles. The van der Waals surface area contributed by atoms with Gasteiger partial charge in [0.05, 0.1) is 12.7 Å². The monoisotopic (exact) mass is 246 g/mol. The average Bonchev–Trinajstić information content (AvgIpc) is 2.24. The fourth-order valence-electron chi connectivity index (χ4n) is 1.50. The second-order valence-corrected chi connectivity index (χ2v) is 5.37. The summed E-state index contributed by atoms with van der Waals surface area (Å²) in [6.45, 7) is 15.1. The number of aliphatic hydroxyl groups is 1. The summed E-state index contributed by atoms with van der Waals surface area (Å²) in [5, 5.41) is 13.2. The molecular weight excluding hydrogens is 216 g/mol. The molecule has 0 heterocycles. The van der Waals surface area contributed by atoms with Crippen LogP contribution in [0.25, 0.3) is 0 Å². The van der Waals surface area contributed by atoms with Crippen molar-refractivity contribution in [3.8, 4) is 0 Å². The first-order valence-electron chi connectivity index (χ1n) is 6.62. The van der Waals surface area contributed by atoms with Gasteiger partial charge in [-0.2, -0.15) is 0 Å². The molecule has 1 atom stereocenters. The van der Waals surface area contributed by atoms with Crippen LogP contribution in [0.4, 0.5) is 0 Å². The Labute approximate surface area is 106 Å². The Bertz CT molecular complexity index is 181. The van der Waals surface area contributed by atoms with Crippen molar-refractivity contribution in [2.24, 2.45) is 0 Å². The van der Waals surface area contributed by atoms with Crippen LogP contribution in [0.2, 0.25) is 0 Å². The summed E-state index contributed by atoms with van der Waals surface area (Å²) in [7, 11) is 0. The SMILES string of the molecule is CCOCCN(CC)CC(O)CNC(C)(C)C.